The number of anilines is 2. The lowest BCUT2D eigenvalue weighted by Crippen LogP contribution is -2.31. The van der Waals surface area contributed by atoms with E-state index < -0.39 is 10.0 Å². The van der Waals surface area contributed by atoms with Gasteiger partial charge in [0.2, 0.25) is 0 Å². The van der Waals surface area contributed by atoms with Crippen molar-refractivity contribution in [2.45, 2.75) is 4.90 Å². The summed E-state index contributed by atoms with van der Waals surface area (Å²) in [5, 5.41) is 3.24. The Kier molecular flexibility index (Phi) is 10.1. The van der Waals surface area contributed by atoms with Gasteiger partial charge in [0.25, 0.3) is 21.8 Å². The standard InChI is InChI=1S/C33H36N4O6S/c1-36(2)32(38)25-11-8-10-23(20-25)24-16-17-30(43-5)31(21-24)44(40,41)35-27-13-9-12-26(22-27)34-18-19-37(3)33(39)28-14-6-7-15-29(28)42-4/h6-17,20-22,34-35H,18-19H2,1-5H3. The van der Waals surface area contributed by atoms with Crippen LogP contribution in [0.1, 0.15) is 20.7 Å². The summed E-state index contributed by atoms with van der Waals surface area (Å²) in [4.78, 5) is 28.4. The van der Waals surface area contributed by atoms with Gasteiger partial charge in [0, 0.05) is 45.5 Å². The highest BCUT2D eigenvalue weighted by Gasteiger charge is 2.22. The van der Waals surface area contributed by atoms with Crippen molar-refractivity contribution in [3.63, 3.8) is 0 Å². The number of methoxy groups -OCH3 is 2. The third-order valence-corrected chi connectivity index (χ3v) is 8.28. The van der Waals surface area contributed by atoms with Gasteiger partial charge in [-0.3, -0.25) is 14.3 Å². The largest absolute Gasteiger partial charge is 0.496 e. The molecule has 0 fully saturated rings. The van der Waals surface area contributed by atoms with Crippen LogP contribution in [0.5, 0.6) is 11.5 Å². The maximum absolute atomic E-state index is 13.6. The van der Waals surface area contributed by atoms with Crippen LogP contribution < -0.4 is 19.5 Å². The Morgan fingerprint density at radius 1 is 0.727 bits per heavy atom. The highest BCUT2D eigenvalue weighted by atomic mass is 32.2. The van der Waals surface area contributed by atoms with Gasteiger partial charge in [0.15, 0.2) is 0 Å². The SMILES string of the molecule is COc1ccccc1C(=O)N(C)CCNc1cccc(NS(=O)(=O)c2cc(-c3cccc(C(=O)N(C)C)c3)ccc2OC)c1. The summed E-state index contributed by atoms with van der Waals surface area (Å²) in [6, 6.07) is 25.8. The van der Waals surface area contributed by atoms with E-state index in [4.69, 9.17) is 9.47 Å². The van der Waals surface area contributed by atoms with Crippen LogP contribution in [-0.2, 0) is 10.0 Å². The number of hydrogen-bond acceptors (Lipinski definition) is 7. The van der Waals surface area contributed by atoms with Crippen LogP contribution in [0.25, 0.3) is 11.1 Å². The molecule has 0 saturated carbocycles. The summed E-state index contributed by atoms with van der Waals surface area (Å²) in [5.74, 6) is 0.363. The first-order valence-electron chi connectivity index (χ1n) is 13.8. The van der Waals surface area contributed by atoms with Crippen molar-refractivity contribution in [2.24, 2.45) is 0 Å². The lowest BCUT2D eigenvalue weighted by molar-refractivity contribution is 0.0795. The molecule has 44 heavy (non-hydrogen) atoms. The number of para-hydroxylation sites is 1. The van der Waals surface area contributed by atoms with E-state index in [1.807, 2.05) is 12.1 Å². The number of carbonyl (C=O) groups excluding carboxylic acids is 2. The van der Waals surface area contributed by atoms with Gasteiger partial charge in [-0.1, -0.05) is 36.4 Å². The van der Waals surface area contributed by atoms with Crippen molar-refractivity contribution in [1.29, 1.82) is 0 Å². The minimum Gasteiger partial charge on any atom is -0.496 e. The smallest absolute Gasteiger partial charge is 0.265 e. The Morgan fingerprint density at radius 3 is 2.14 bits per heavy atom. The lowest BCUT2D eigenvalue weighted by Gasteiger charge is -2.19. The number of sulfonamides is 1. The van der Waals surface area contributed by atoms with E-state index in [1.54, 1.807) is 98.8 Å². The van der Waals surface area contributed by atoms with Gasteiger partial charge in [-0.25, -0.2) is 8.42 Å². The zero-order valence-corrected chi connectivity index (χ0v) is 26.1. The number of ether oxygens (including phenoxy) is 2. The van der Waals surface area contributed by atoms with Crippen LogP contribution >= 0.6 is 0 Å². The molecule has 230 valence electrons. The molecule has 11 heteroatoms. The fraction of sp³-hybridized carbons (Fsp3) is 0.212. The molecule has 0 aliphatic carbocycles. The molecule has 4 aromatic rings. The van der Waals surface area contributed by atoms with Crippen molar-refractivity contribution >= 4 is 33.2 Å². The van der Waals surface area contributed by atoms with E-state index in [9.17, 15) is 18.0 Å². The molecule has 0 unspecified atom stereocenters. The molecular formula is C33H36N4O6S. The molecule has 2 N–H and O–H groups in total. The van der Waals surface area contributed by atoms with Crippen LogP contribution in [0.3, 0.4) is 0 Å². The maximum Gasteiger partial charge on any atom is 0.265 e. The average Bonchev–Trinajstić information content (AvgIpc) is 3.03. The number of nitrogens with zero attached hydrogens (tertiary/aromatic N) is 2. The first kappa shape index (κ1) is 31.9. The van der Waals surface area contributed by atoms with Gasteiger partial charge in [0.1, 0.15) is 16.4 Å². The molecule has 0 bridgehead atoms. The predicted octanol–water partition coefficient (Wildman–Crippen LogP) is 5.06. The molecule has 4 rings (SSSR count). The van der Waals surface area contributed by atoms with Gasteiger partial charge in [-0.05, 0) is 65.7 Å². The van der Waals surface area contributed by atoms with Crippen LogP contribution in [0.2, 0.25) is 0 Å². The number of nitrogens with one attached hydrogen (secondary N) is 2. The molecule has 4 aromatic carbocycles. The normalized spacial score (nSPS) is 10.9. The second-order valence-corrected chi connectivity index (χ2v) is 11.8. The Labute approximate surface area is 258 Å². The van der Waals surface area contributed by atoms with Gasteiger partial charge in [-0.2, -0.15) is 0 Å². The average molecular weight is 617 g/mol. The minimum atomic E-state index is -4.07. The van der Waals surface area contributed by atoms with Gasteiger partial charge < -0.3 is 24.6 Å². The number of hydrogen-bond donors (Lipinski definition) is 2. The monoisotopic (exact) mass is 616 g/mol. The molecular weight excluding hydrogens is 580 g/mol. The summed E-state index contributed by atoms with van der Waals surface area (Å²) in [7, 11) is 3.92. The number of carbonyl (C=O) groups is 2. The Bertz CT molecular complexity index is 1760. The Hall–Kier alpha value is -5.03. The summed E-state index contributed by atoms with van der Waals surface area (Å²) >= 11 is 0. The molecule has 2 amide bonds. The van der Waals surface area contributed by atoms with E-state index in [2.05, 4.69) is 10.0 Å². The van der Waals surface area contributed by atoms with Crippen molar-refractivity contribution in [2.75, 3.05) is 58.5 Å². The van der Waals surface area contributed by atoms with Crippen LogP contribution in [-0.4, -0.2) is 78.5 Å². The van der Waals surface area contributed by atoms with E-state index in [-0.39, 0.29) is 22.5 Å². The first-order chi connectivity index (χ1) is 21.0. The highest BCUT2D eigenvalue weighted by Crippen LogP contribution is 2.32. The summed E-state index contributed by atoms with van der Waals surface area (Å²) in [5.41, 5.74) is 3.29. The number of amides is 2. The second-order valence-electron chi connectivity index (χ2n) is 10.2. The molecule has 0 aromatic heterocycles. The van der Waals surface area contributed by atoms with Crippen molar-refractivity contribution in [3.05, 3.63) is 102 Å². The van der Waals surface area contributed by atoms with Crippen LogP contribution in [0.4, 0.5) is 11.4 Å². The van der Waals surface area contributed by atoms with Gasteiger partial charge >= 0.3 is 0 Å². The molecule has 0 heterocycles. The fourth-order valence-corrected chi connectivity index (χ4v) is 5.80. The fourth-order valence-electron chi connectivity index (χ4n) is 4.56. The summed E-state index contributed by atoms with van der Waals surface area (Å²) in [6.07, 6.45) is 0. The number of benzene rings is 4. The molecule has 0 radical (unpaired) electrons. The van der Waals surface area contributed by atoms with E-state index in [0.717, 1.165) is 0 Å². The van der Waals surface area contributed by atoms with Gasteiger partial charge in [0.05, 0.1) is 25.5 Å². The molecule has 0 spiro atoms. The quantitative estimate of drug-likeness (QED) is 0.229. The molecule has 0 aliphatic heterocycles. The molecule has 0 atom stereocenters. The van der Waals surface area contributed by atoms with Crippen LogP contribution in [0, 0.1) is 0 Å². The van der Waals surface area contributed by atoms with E-state index in [1.165, 1.54) is 25.2 Å². The zero-order valence-electron chi connectivity index (χ0n) is 25.3. The van der Waals surface area contributed by atoms with Crippen molar-refractivity contribution < 1.29 is 27.5 Å². The second kappa shape index (κ2) is 14.0. The third kappa shape index (κ3) is 7.48. The van der Waals surface area contributed by atoms with Crippen molar-refractivity contribution in [1.82, 2.24) is 9.80 Å². The first-order valence-corrected chi connectivity index (χ1v) is 15.3. The van der Waals surface area contributed by atoms with E-state index >= 15 is 0 Å². The molecule has 10 nitrogen and oxygen atoms in total. The molecule has 0 aliphatic rings. The van der Waals surface area contributed by atoms with Crippen molar-refractivity contribution in [3.8, 4) is 22.6 Å². The summed E-state index contributed by atoms with van der Waals surface area (Å²) in [6.45, 7) is 0.830. The zero-order chi connectivity index (χ0) is 31.9. The number of rotatable bonds is 12. The lowest BCUT2D eigenvalue weighted by atomic mass is 10.0. The van der Waals surface area contributed by atoms with Crippen LogP contribution in [0.15, 0.2) is 95.9 Å². The predicted molar refractivity (Wildman–Crippen MR) is 172 cm³/mol. The minimum absolute atomic E-state index is 0.0447. The maximum atomic E-state index is 13.6. The third-order valence-electron chi connectivity index (χ3n) is 6.88. The molecule has 0 saturated heterocycles. The topological polar surface area (TPSA) is 117 Å². The van der Waals surface area contributed by atoms with Gasteiger partial charge in [-0.15, -0.1) is 0 Å². The Morgan fingerprint density at radius 2 is 1.41 bits per heavy atom. The number of likely N-dealkylation sites (N-methyl/N-ethyl adjacent to an activating group) is 1. The summed E-state index contributed by atoms with van der Waals surface area (Å²) < 4.78 is 40.5. The highest BCUT2D eigenvalue weighted by molar-refractivity contribution is 7.92. The Balaban J connectivity index is 1.48. The van der Waals surface area contributed by atoms with E-state index in [0.29, 0.717) is 52.5 Å².